The molecule has 1 rings (SSSR count). The van der Waals surface area contributed by atoms with Crippen molar-refractivity contribution < 1.29 is 23.1 Å². The summed E-state index contributed by atoms with van der Waals surface area (Å²) in [5.74, 6) is -2.76. The molecule has 1 saturated heterocycles. The number of nitrogens with one attached hydrogen (secondary N) is 1. The molecular formula is C8H12F3N3O2. The van der Waals surface area contributed by atoms with Crippen LogP contribution >= 0.6 is 0 Å². The van der Waals surface area contributed by atoms with E-state index in [1.807, 2.05) is 0 Å². The first kappa shape index (κ1) is 14.5. The Morgan fingerprint density at radius 1 is 1.62 bits per heavy atom. The number of nitriles is 1. The lowest BCUT2D eigenvalue weighted by Crippen LogP contribution is -2.47. The molecule has 0 bridgehead atoms. The Hall–Kier alpha value is -1.49. The molecule has 0 aromatic rings. The number of halogens is 3. The molecule has 0 aromatic heterocycles. The van der Waals surface area contributed by atoms with Crippen molar-refractivity contribution in [2.75, 3.05) is 19.6 Å². The molecule has 0 aromatic carbocycles. The molecular weight excluding hydrogens is 227 g/mol. The van der Waals surface area contributed by atoms with E-state index >= 15 is 0 Å². The van der Waals surface area contributed by atoms with Crippen LogP contribution in [0.4, 0.5) is 13.2 Å². The van der Waals surface area contributed by atoms with Gasteiger partial charge in [0.1, 0.15) is 0 Å². The number of aliphatic carboxylic acids is 1. The van der Waals surface area contributed by atoms with Gasteiger partial charge in [0.15, 0.2) is 6.19 Å². The zero-order chi connectivity index (χ0) is 12.8. The van der Waals surface area contributed by atoms with Gasteiger partial charge in [0, 0.05) is 25.7 Å². The normalized spacial score (nSPS) is 20.4. The molecule has 1 aliphatic rings. The molecule has 16 heavy (non-hydrogen) atoms. The monoisotopic (exact) mass is 239 g/mol. The minimum Gasteiger partial charge on any atom is -0.475 e. The van der Waals surface area contributed by atoms with Crippen molar-refractivity contribution in [1.29, 1.82) is 5.26 Å². The van der Waals surface area contributed by atoms with Gasteiger partial charge < -0.3 is 15.3 Å². The second-order valence-electron chi connectivity index (χ2n) is 3.15. The molecule has 1 aliphatic heterocycles. The number of hydrogen-bond donors (Lipinski definition) is 2. The molecule has 0 radical (unpaired) electrons. The summed E-state index contributed by atoms with van der Waals surface area (Å²) < 4.78 is 31.7. The van der Waals surface area contributed by atoms with Gasteiger partial charge in [-0.3, -0.25) is 0 Å². The molecule has 8 heteroatoms. The molecule has 1 unspecified atom stereocenters. The molecule has 0 spiro atoms. The summed E-state index contributed by atoms with van der Waals surface area (Å²) in [6, 6.07) is 0.378. The van der Waals surface area contributed by atoms with E-state index in [0.29, 0.717) is 6.04 Å². The van der Waals surface area contributed by atoms with E-state index in [-0.39, 0.29) is 0 Å². The molecule has 0 saturated carbocycles. The highest BCUT2D eigenvalue weighted by atomic mass is 19.4. The fraction of sp³-hybridized carbons (Fsp3) is 0.750. The van der Waals surface area contributed by atoms with Crippen molar-refractivity contribution in [2.24, 2.45) is 0 Å². The molecule has 1 atom stereocenters. The molecule has 1 fully saturated rings. The summed E-state index contributed by atoms with van der Waals surface area (Å²) in [5, 5.41) is 18.8. The zero-order valence-corrected chi connectivity index (χ0v) is 8.58. The van der Waals surface area contributed by atoms with Crippen molar-refractivity contribution in [2.45, 2.75) is 19.1 Å². The van der Waals surface area contributed by atoms with E-state index in [4.69, 9.17) is 15.2 Å². The van der Waals surface area contributed by atoms with Crippen LogP contribution in [0.2, 0.25) is 0 Å². The summed E-state index contributed by atoms with van der Waals surface area (Å²) in [6.07, 6.45) is -2.94. The Kier molecular flexibility index (Phi) is 5.60. The van der Waals surface area contributed by atoms with E-state index < -0.39 is 12.1 Å². The fourth-order valence-corrected chi connectivity index (χ4v) is 0.990. The molecule has 92 valence electrons. The first-order valence-electron chi connectivity index (χ1n) is 4.46. The third-order valence-electron chi connectivity index (χ3n) is 1.87. The van der Waals surface area contributed by atoms with Crippen molar-refractivity contribution in [3.05, 3.63) is 0 Å². The maximum atomic E-state index is 10.6. The van der Waals surface area contributed by atoms with E-state index in [0.717, 1.165) is 19.6 Å². The SMILES string of the molecule is CC1CNCCN1C#N.O=C(O)C(F)(F)F. The first-order valence-corrected chi connectivity index (χ1v) is 4.46. The number of piperazine rings is 1. The van der Waals surface area contributed by atoms with Crippen molar-refractivity contribution in [3.63, 3.8) is 0 Å². The highest BCUT2D eigenvalue weighted by Crippen LogP contribution is 2.13. The Balaban J connectivity index is 0.000000293. The molecule has 5 nitrogen and oxygen atoms in total. The summed E-state index contributed by atoms with van der Waals surface area (Å²) >= 11 is 0. The van der Waals surface area contributed by atoms with Crippen LogP contribution in [-0.4, -0.2) is 47.8 Å². The largest absolute Gasteiger partial charge is 0.490 e. The first-order chi connectivity index (χ1) is 7.29. The van der Waals surface area contributed by atoms with Gasteiger partial charge in [-0.05, 0) is 6.92 Å². The third kappa shape index (κ3) is 5.41. The van der Waals surface area contributed by atoms with Crippen LogP contribution in [0.3, 0.4) is 0 Å². The van der Waals surface area contributed by atoms with E-state index in [2.05, 4.69) is 18.4 Å². The topological polar surface area (TPSA) is 76.4 Å². The Labute approximate surface area is 90.4 Å². The van der Waals surface area contributed by atoms with Gasteiger partial charge in [0.25, 0.3) is 0 Å². The quantitative estimate of drug-likeness (QED) is 0.598. The summed E-state index contributed by atoms with van der Waals surface area (Å²) in [7, 11) is 0. The number of carboxylic acids is 1. The second-order valence-corrected chi connectivity index (χ2v) is 3.15. The summed E-state index contributed by atoms with van der Waals surface area (Å²) in [5.41, 5.74) is 0. The highest BCUT2D eigenvalue weighted by molar-refractivity contribution is 5.73. The van der Waals surface area contributed by atoms with E-state index in [1.54, 1.807) is 4.90 Å². The van der Waals surface area contributed by atoms with Crippen LogP contribution in [0.5, 0.6) is 0 Å². The molecule has 2 N–H and O–H groups in total. The minimum absolute atomic E-state index is 0.378. The molecule has 1 heterocycles. The van der Waals surface area contributed by atoms with Gasteiger partial charge in [-0.1, -0.05) is 0 Å². The number of rotatable bonds is 0. The van der Waals surface area contributed by atoms with Crippen LogP contribution in [0.25, 0.3) is 0 Å². The van der Waals surface area contributed by atoms with Crippen LogP contribution in [0.15, 0.2) is 0 Å². The van der Waals surface area contributed by atoms with Crippen LogP contribution in [0.1, 0.15) is 6.92 Å². The van der Waals surface area contributed by atoms with Gasteiger partial charge in [0.05, 0.1) is 0 Å². The smallest absolute Gasteiger partial charge is 0.475 e. The van der Waals surface area contributed by atoms with Crippen LogP contribution in [-0.2, 0) is 4.79 Å². The summed E-state index contributed by atoms with van der Waals surface area (Å²) in [4.78, 5) is 10.7. The second kappa shape index (κ2) is 6.17. The standard InChI is InChI=1S/C6H11N3.C2HF3O2/c1-6-4-8-2-3-9(6)5-7;3-2(4,5)1(6)7/h6,8H,2-4H2,1H3;(H,6,7). The number of hydrogen-bond acceptors (Lipinski definition) is 4. The van der Waals surface area contributed by atoms with E-state index in [9.17, 15) is 13.2 Å². The summed E-state index contributed by atoms with van der Waals surface area (Å²) in [6.45, 7) is 4.79. The highest BCUT2D eigenvalue weighted by Gasteiger charge is 2.38. The maximum absolute atomic E-state index is 10.6. The Bertz CT molecular complexity index is 275. The van der Waals surface area contributed by atoms with E-state index in [1.165, 1.54) is 0 Å². The lowest BCUT2D eigenvalue weighted by molar-refractivity contribution is -0.192. The van der Waals surface area contributed by atoms with Gasteiger partial charge in [-0.2, -0.15) is 18.4 Å². The average Bonchev–Trinajstić information content (AvgIpc) is 2.18. The zero-order valence-electron chi connectivity index (χ0n) is 8.58. The van der Waals surface area contributed by atoms with Crippen molar-refractivity contribution in [1.82, 2.24) is 10.2 Å². The molecule has 0 amide bonds. The maximum Gasteiger partial charge on any atom is 0.490 e. The van der Waals surface area contributed by atoms with Crippen molar-refractivity contribution >= 4 is 5.97 Å². The lowest BCUT2D eigenvalue weighted by Gasteiger charge is -2.28. The Morgan fingerprint density at radius 2 is 2.12 bits per heavy atom. The predicted molar refractivity (Wildman–Crippen MR) is 48.3 cm³/mol. The number of nitrogens with zero attached hydrogens (tertiary/aromatic N) is 2. The van der Waals surface area contributed by atoms with Crippen LogP contribution < -0.4 is 5.32 Å². The lowest BCUT2D eigenvalue weighted by atomic mass is 10.2. The van der Waals surface area contributed by atoms with Crippen molar-refractivity contribution in [3.8, 4) is 6.19 Å². The number of alkyl halides is 3. The van der Waals surface area contributed by atoms with Gasteiger partial charge >= 0.3 is 12.1 Å². The third-order valence-corrected chi connectivity index (χ3v) is 1.87. The molecule has 0 aliphatic carbocycles. The number of carbonyl (C=O) groups is 1. The minimum atomic E-state index is -5.08. The van der Waals surface area contributed by atoms with Crippen LogP contribution in [0, 0.1) is 11.5 Å². The van der Waals surface area contributed by atoms with Gasteiger partial charge in [-0.15, -0.1) is 0 Å². The Morgan fingerprint density at radius 3 is 2.38 bits per heavy atom. The van der Waals surface area contributed by atoms with Gasteiger partial charge in [0.2, 0.25) is 0 Å². The predicted octanol–water partition coefficient (Wildman–Crippen LogP) is 0.394. The van der Waals surface area contributed by atoms with Gasteiger partial charge in [-0.25, -0.2) is 4.79 Å². The average molecular weight is 239 g/mol. The number of carboxylic acid groups (broad SMARTS) is 1. The fourth-order valence-electron chi connectivity index (χ4n) is 0.990.